The van der Waals surface area contributed by atoms with Crippen molar-refractivity contribution in [3.63, 3.8) is 0 Å². The highest BCUT2D eigenvalue weighted by Crippen LogP contribution is 2.26. The molecule has 1 aliphatic rings. The van der Waals surface area contributed by atoms with Gasteiger partial charge in [-0.25, -0.2) is 4.79 Å². The van der Waals surface area contributed by atoms with Crippen molar-refractivity contribution in [3.05, 3.63) is 35.9 Å². The molecule has 0 radical (unpaired) electrons. The van der Waals surface area contributed by atoms with Crippen LogP contribution in [0.1, 0.15) is 32.4 Å². The summed E-state index contributed by atoms with van der Waals surface area (Å²) in [6.45, 7) is 6.02. The van der Waals surface area contributed by atoms with Crippen molar-refractivity contribution in [2.75, 3.05) is 19.8 Å². The van der Waals surface area contributed by atoms with E-state index in [0.717, 1.165) is 5.56 Å². The number of carbonyl (C=O) groups excluding carboxylic acids is 1. The quantitative estimate of drug-likeness (QED) is 0.909. The number of rotatable bonds is 2. The average Bonchev–Trinajstić information content (AvgIpc) is 2.45. The van der Waals surface area contributed by atoms with Crippen LogP contribution in [0, 0.1) is 0 Å². The predicted molar refractivity (Wildman–Crippen MR) is 78.9 cm³/mol. The van der Waals surface area contributed by atoms with Crippen LogP contribution in [0.4, 0.5) is 4.79 Å². The lowest BCUT2D eigenvalue weighted by Gasteiger charge is -2.39. The fourth-order valence-corrected chi connectivity index (χ4v) is 2.26. The number of nitrogens with zero attached hydrogens (tertiary/aromatic N) is 1. The molecule has 0 bridgehead atoms. The average molecular weight is 293 g/mol. The number of benzene rings is 1. The fourth-order valence-electron chi connectivity index (χ4n) is 2.26. The number of hydrogen-bond donors (Lipinski definition) is 1. The maximum absolute atomic E-state index is 12.3. The molecule has 2 atom stereocenters. The summed E-state index contributed by atoms with van der Waals surface area (Å²) in [7, 11) is 0. The van der Waals surface area contributed by atoms with Gasteiger partial charge in [-0.3, -0.25) is 4.90 Å². The van der Waals surface area contributed by atoms with Crippen LogP contribution >= 0.6 is 0 Å². The molecule has 0 aromatic heterocycles. The molecule has 1 N–H and O–H groups in total. The van der Waals surface area contributed by atoms with Crippen LogP contribution in [0.5, 0.6) is 0 Å². The Balaban J connectivity index is 2.11. The standard InChI is InChI=1S/C16H23NO4/c1-16(2,3)21-15(19)17-9-14(20-11-13(17)10-18)12-7-5-4-6-8-12/h4-8,13-14,18H,9-11H2,1-3H3/t13-,14?/m0/s1. The molecule has 5 nitrogen and oxygen atoms in total. The van der Waals surface area contributed by atoms with Gasteiger partial charge in [-0.2, -0.15) is 0 Å². The van der Waals surface area contributed by atoms with Gasteiger partial charge >= 0.3 is 6.09 Å². The zero-order chi connectivity index (χ0) is 15.5. The summed E-state index contributed by atoms with van der Waals surface area (Å²) >= 11 is 0. The third-order valence-corrected chi connectivity index (χ3v) is 3.30. The lowest BCUT2D eigenvalue weighted by molar-refractivity contribution is -0.0817. The Morgan fingerprint density at radius 1 is 1.38 bits per heavy atom. The summed E-state index contributed by atoms with van der Waals surface area (Å²) < 4.78 is 11.2. The molecule has 1 fully saturated rings. The Hall–Kier alpha value is -1.59. The highest BCUT2D eigenvalue weighted by Gasteiger charge is 2.35. The Kier molecular flexibility index (Phi) is 4.85. The second kappa shape index (κ2) is 6.45. The first kappa shape index (κ1) is 15.8. The van der Waals surface area contributed by atoms with E-state index < -0.39 is 11.7 Å². The molecular weight excluding hydrogens is 270 g/mol. The van der Waals surface area contributed by atoms with E-state index in [-0.39, 0.29) is 18.8 Å². The lowest BCUT2D eigenvalue weighted by atomic mass is 10.1. The summed E-state index contributed by atoms with van der Waals surface area (Å²) in [6.07, 6.45) is -0.604. The lowest BCUT2D eigenvalue weighted by Crippen LogP contribution is -2.52. The van der Waals surface area contributed by atoms with Crippen molar-refractivity contribution in [3.8, 4) is 0 Å². The summed E-state index contributed by atoms with van der Waals surface area (Å²) in [5, 5.41) is 9.44. The predicted octanol–water partition coefficient (Wildman–Crippen LogP) is 2.36. The summed E-state index contributed by atoms with van der Waals surface area (Å²) in [4.78, 5) is 13.9. The van der Waals surface area contributed by atoms with Gasteiger partial charge in [-0.05, 0) is 26.3 Å². The molecule has 116 valence electrons. The van der Waals surface area contributed by atoms with Crippen LogP contribution in [-0.2, 0) is 9.47 Å². The van der Waals surface area contributed by atoms with E-state index >= 15 is 0 Å². The van der Waals surface area contributed by atoms with Crippen molar-refractivity contribution in [1.29, 1.82) is 0 Å². The Labute approximate surface area is 125 Å². The van der Waals surface area contributed by atoms with E-state index in [9.17, 15) is 9.90 Å². The minimum Gasteiger partial charge on any atom is -0.444 e. The molecule has 1 heterocycles. The zero-order valence-electron chi connectivity index (χ0n) is 12.8. The normalized spacial score (nSPS) is 23.0. The maximum Gasteiger partial charge on any atom is 0.410 e. The number of amides is 1. The van der Waals surface area contributed by atoms with Gasteiger partial charge in [0.2, 0.25) is 0 Å². The van der Waals surface area contributed by atoms with Crippen LogP contribution < -0.4 is 0 Å². The molecule has 1 aromatic carbocycles. The molecule has 2 rings (SSSR count). The van der Waals surface area contributed by atoms with Gasteiger partial charge in [0.1, 0.15) is 11.7 Å². The van der Waals surface area contributed by atoms with E-state index in [1.165, 1.54) is 0 Å². The van der Waals surface area contributed by atoms with E-state index in [1.54, 1.807) is 4.90 Å². The largest absolute Gasteiger partial charge is 0.444 e. The highest BCUT2D eigenvalue weighted by atomic mass is 16.6. The molecule has 1 unspecified atom stereocenters. The van der Waals surface area contributed by atoms with Gasteiger partial charge in [0.15, 0.2) is 0 Å². The Morgan fingerprint density at radius 3 is 2.62 bits per heavy atom. The molecular formula is C16H23NO4. The first-order valence-electron chi connectivity index (χ1n) is 7.18. The summed E-state index contributed by atoms with van der Waals surface area (Å²) in [6, 6.07) is 9.39. The second-order valence-corrected chi connectivity index (χ2v) is 6.20. The molecule has 1 aliphatic heterocycles. The van der Waals surface area contributed by atoms with Crippen LogP contribution in [-0.4, -0.2) is 47.5 Å². The molecule has 1 aromatic rings. The van der Waals surface area contributed by atoms with E-state index in [4.69, 9.17) is 9.47 Å². The number of hydrogen-bond acceptors (Lipinski definition) is 4. The smallest absolute Gasteiger partial charge is 0.410 e. The third kappa shape index (κ3) is 4.19. The fraction of sp³-hybridized carbons (Fsp3) is 0.562. The van der Waals surface area contributed by atoms with Gasteiger partial charge in [-0.1, -0.05) is 30.3 Å². The van der Waals surface area contributed by atoms with Crippen molar-refractivity contribution < 1.29 is 19.4 Å². The maximum atomic E-state index is 12.3. The molecule has 1 saturated heterocycles. The van der Waals surface area contributed by atoms with Gasteiger partial charge < -0.3 is 14.6 Å². The minimum atomic E-state index is -0.558. The molecule has 0 aliphatic carbocycles. The number of ether oxygens (including phenoxy) is 2. The van der Waals surface area contributed by atoms with E-state index in [2.05, 4.69) is 0 Å². The van der Waals surface area contributed by atoms with Crippen LogP contribution in [0.15, 0.2) is 30.3 Å². The van der Waals surface area contributed by atoms with Crippen molar-refractivity contribution in [1.82, 2.24) is 4.90 Å². The number of aliphatic hydroxyl groups is 1. The number of aliphatic hydroxyl groups excluding tert-OH is 1. The van der Waals surface area contributed by atoms with Gasteiger partial charge in [0.05, 0.1) is 25.8 Å². The first-order valence-corrected chi connectivity index (χ1v) is 7.18. The molecule has 1 amide bonds. The second-order valence-electron chi connectivity index (χ2n) is 6.20. The van der Waals surface area contributed by atoms with Gasteiger partial charge in [0.25, 0.3) is 0 Å². The first-order chi connectivity index (χ1) is 9.90. The van der Waals surface area contributed by atoms with Crippen molar-refractivity contribution >= 4 is 6.09 Å². The van der Waals surface area contributed by atoms with Crippen LogP contribution in [0.2, 0.25) is 0 Å². The molecule has 21 heavy (non-hydrogen) atoms. The molecule has 0 spiro atoms. The Morgan fingerprint density at radius 2 is 2.05 bits per heavy atom. The summed E-state index contributed by atoms with van der Waals surface area (Å²) in [5.74, 6) is 0. The minimum absolute atomic E-state index is 0.138. The SMILES string of the molecule is CC(C)(C)OC(=O)N1CC(c2ccccc2)OC[C@@H]1CO. The van der Waals surface area contributed by atoms with Gasteiger partial charge in [-0.15, -0.1) is 0 Å². The van der Waals surface area contributed by atoms with E-state index in [0.29, 0.717) is 13.2 Å². The van der Waals surface area contributed by atoms with Crippen molar-refractivity contribution in [2.24, 2.45) is 0 Å². The zero-order valence-corrected chi connectivity index (χ0v) is 12.8. The van der Waals surface area contributed by atoms with E-state index in [1.807, 2.05) is 51.1 Å². The van der Waals surface area contributed by atoms with Crippen LogP contribution in [0.3, 0.4) is 0 Å². The number of carbonyl (C=O) groups is 1. The van der Waals surface area contributed by atoms with Crippen LogP contribution in [0.25, 0.3) is 0 Å². The topological polar surface area (TPSA) is 59.0 Å². The highest BCUT2D eigenvalue weighted by molar-refractivity contribution is 5.68. The van der Waals surface area contributed by atoms with Crippen molar-refractivity contribution in [2.45, 2.75) is 38.5 Å². The van der Waals surface area contributed by atoms with Gasteiger partial charge in [0, 0.05) is 0 Å². The Bertz CT molecular complexity index is 469. The molecule has 0 saturated carbocycles. The summed E-state index contributed by atoms with van der Waals surface area (Å²) in [5.41, 5.74) is 0.458. The molecule has 5 heteroatoms. The number of morpholine rings is 1. The monoisotopic (exact) mass is 293 g/mol. The third-order valence-electron chi connectivity index (χ3n) is 3.30.